The molecule has 3 heterocycles. The van der Waals surface area contributed by atoms with Crippen LogP contribution in [0.4, 0.5) is 5.69 Å². The number of aromatic amines is 1. The van der Waals surface area contributed by atoms with Crippen LogP contribution in [0.1, 0.15) is 35.9 Å². The number of unbranched alkanes of at least 4 members (excludes halogenated alkanes) is 1. The van der Waals surface area contributed by atoms with E-state index in [0.29, 0.717) is 13.0 Å². The topological polar surface area (TPSA) is 164 Å². The largest absolute Gasteiger partial charge is 0.465 e. The number of hydrogen-bond acceptors (Lipinski definition) is 8. The predicted octanol–water partition coefficient (Wildman–Crippen LogP) is 0.128. The first-order valence-corrected chi connectivity index (χ1v) is 9.35. The average Bonchev–Trinajstić information content (AvgIpc) is 3.04. The lowest BCUT2D eigenvalue weighted by Gasteiger charge is -2.08. The molecule has 0 aliphatic carbocycles. The third-order valence-corrected chi connectivity index (χ3v) is 4.84. The van der Waals surface area contributed by atoms with Crippen molar-refractivity contribution in [3.8, 4) is 0 Å². The fraction of sp³-hybridized carbons (Fsp3) is 0.389. The number of methoxy groups -OCH3 is 1. The van der Waals surface area contributed by atoms with Crippen molar-refractivity contribution in [2.75, 3.05) is 7.11 Å². The first kappa shape index (κ1) is 21.7. The molecule has 0 aliphatic heterocycles. The zero-order valence-electron chi connectivity index (χ0n) is 17.1. The summed E-state index contributed by atoms with van der Waals surface area (Å²) in [6.07, 6.45) is 2.61. The number of esters is 1. The number of ether oxygens (including phenoxy) is 1. The Morgan fingerprint density at radius 3 is 2.65 bits per heavy atom. The molecular formula is C18H20N6O7. The molecule has 164 valence electrons. The van der Waals surface area contributed by atoms with E-state index in [2.05, 4.69) is 14.7 Å². The molecule has 0 unspecified atom stereocenters. The Balaban J connectivity index is 2.20. The van der Waals surface area contributed by atoms with Crippen LogP contribution in [-0.2, 0) is 24.9 Å². The Hall–Kier alpha value is -4.03. The molecule has 0 radical (unpaired) electrons. The second-order valence-electron chi connectivity index (χ2n) is 6.82. The first-order valence-electron chi connectivity index (χ1n) is 9.35. The van der Waals surface area contributed by atoms with Crippen molar-refractivity contribution in [2.45, 2.75) is 32.9 Å². The minimum Gasteiger partial charge on any atom is -0.465 e. The fourth-order valence-electron chi connectivity index (χ4n) is 3.21. The predicted molar refractivity (Wildman–Crippen MR) is 108 cm³/mol. The number of aryl methyl sites for hydroxylation is 2. The number of hydrogen-bond donors (Lipinski definition) is 1. The van der Waals surface area contributed by atoms with Gasteiger partial charge in [-0.25, -0.2) is 14.6 Å². The molecule has 3 rings (SSSR count). The van der Waals surface area contributed by atoms with Gasteiger partial charge in [0.25, 0.3) is 5.56 Å². The molecule has 0 amide bonds. The van der Waals surface area contributed by atoms with Crippen LogP contribution in [0, 0.1) is 10.1 Å². The molecule has 3 aromatic heterocycles. The monoisotopic (exact) mass is 432 g/mol. The maximum absolute atomic E-state index is 12.5. The van der Waals surface area contributed by atoms with E-state index in [4.69, 9.17) is 0 Å². The lowest BCUT2D eigenvalue weighted by Crippen LogP contribution is -2.31. The van der Waals surface area contributed by atoms with Gasteiger partial charge in [0.1, 0.15) is 5.82 Å². The molecule has 13 nitrogen and oxygen atoms in total. The van der Waals surface area contributed by atoms with Crippen LogP contribution in [0.25, 0.3) is 11.2 Å². The van der Waals surface area contributed by atoms with Crippen molar-refractivity contribution < 1.29 is 14.5 Å². The van der Waals surface area contributed by atoms with Crippen molar-refractivity contribution in [1.82, 2.24) is 23.7 Å². The standard InChI is InChI=1S/C18H20N6O7/c1-4-5-6-23-14-13(15(25)20-18(23)28)21(2)12(19-14)9-22-8-10(17(27)31-3)7-11(16(22)26)24(29)30/h7-8H,4-6,9H2,1-3H3,(H,20,25,28). The van der Waals surface area contributed by atoms with E-state index in [1.807, 2.05) is 6.92 Å². The van der Waals surface area contributed by atoms with Crippen molar-refractivity contribution in [2.24, 2.45) is 7.05 Å². The van der Waals surface area contributed by atoms with E-state index in [0.717, 1.165) is 30.4 Å². The summed E-state index contributed by atoms with van der Waals surface area (Å²) in [6.45, 7) is 2.00. The highest BCUT2D eigenvalue weighted by Crippen LogP contribution is 2.14. The van der Waals surface area contributed by atoms with Gasteiger partial charge in [0.15, 0.2) is 11.2 Å². The number of pyridine rings is 1. The summed E-state index contributed by atoms with van der Waals surface area (Å²) in [7, 11) is 2.63. The number of nitrogens with one attached hydrogen (secondary N) is 1. The number of carbonyl (C=O) groups is 1. The van der Waals surface area contributed by atoms with E-state index < -0.39 is 33.4 Å². The lowest BCUT2D eigenvalue weighted by atomic mass is 10.2. The molecule has 0 aromatic carbocycles. The molecule has 3 aromatic rings. The van der Waals surface area contributed by atoms with Gasteiger partial charge in [-0.05, 0) is 6.42 Å². The molecule has 1 N–H and O–H groups in total. The average molecular weight is 432 g/mol. The summed E-state index contributed by atoms with van der Waals surface area (Å²) in [5.41, 5.74) is -2.93. The van der Waals surface area contributed by atoms with Crippen LogP contribution in [0.2, 0.25) is 0 Å². The normalized spacial score (nSPS) is 11.1. The minimum atomic E-state index is -0.956. The second kappa shape index (κ2) is 8.38. The van der Waals surface area contributed by atoms with Crippen molar-refractivity contribution >= 4 is 22.8 Å². The van der Waals surface area contributed by atoms with Crippen LogP contribution >= 0.6 is 0 Å². The first-order chi connectivity index (χ1) is 14.7. The molecule has 0 fully saturated rings. The number of imidazole rings is 1. The van der Waals surface area contributed by atoms with Crippen LogP contribution in [0.15, 0.2) is 26.6 Å². The Bertz CT molecular complexity index is 1360. The van der Waals surface area contributed by atoms with Gasteiger partial charge in [-0.3, -0.25) is 29.3 Å². The number of nitrogens with zero attached hydrogens (tertiary/aromatic N) is 5. The quantitative estimate of drug-likeness (QED) is 0.313. The maximum Gasteiger partial charge on any atom is 0.339 e. The SMILES string of the molecule is CCCCn1c(=O)[nH]c(=O)c2c1nc(Cn1cc(C(=O)OC)cc([N+](=O)[O-])c1=O)n2C. The molecule has 0 saturated heterocycles. The minimum absolute atomic E-state index is 0.123. The molecule has 0 aliphatic rings. The highest BCUT2D eigenvalue weighted by molar-refractivity contribution is 5.89. The van der Waals surface area contributed by atoms with Gasteiger partial charge < -0.3 is 13.9 Å². The number of aromatic nitrogens is 5. The van der Waals surface area contributed by atoms with Gasteiger partial charge >= 0.3 is 22.9 Å². The van der Waals surface area contributed by atoms with Crippen molar-refractivity contribution in [3.63, 3.8) is 0 Å². The molecule has 0 atom stereocenters. The molecule has 0 bridgehead atoms. The van der Waals surface area contributed by atoms with E-state index >= 15 is 0 Å². The smallest absolute Gasteiger partial charge is 0.339 e. The fourth-order valence-corrected chi connectivity index (χ4v) is 3.21. The van der Waals surface area contributed by atoms with Crippen LogP contribution in [0.3, 0.4) is 0 Å². The van der Waals surface area contributed by atoms with Crippen molar-refractivity contribution in [1.29, 1.82) is 0 Å². The Morgan fingerprint density at radius 1 is 1.32 bits per heavy atom. The van der Waals surface area contributed by atoms with E-state index in [-0.39, 0.29) is 29.1 Å². The summed E-state index contributed by atoms with van der Waals surface area (Å²) in [5, 5.41) is 11.3. The number of carbonyl (C=O) groups excluding carboxylic acids is 1. The van der Waals surface area contributed by atoms with Gasteiger partial charge in [0, 0.05) is 25.9 Å². The van der Waals surface area contributed by atoms with Gasteiger partial charge in [-0.2, -0.15) is 0 Å². The van der Waals surface area contributed by atoms with Gasteiger partial charge in [0.05, 0.1) is 24.1 Å². The van der Waals surface area contributed by atoms with Crippen LogP contribution in [-0.4, -0.2) is 41.7 Å². The summed E-state index contributed by atoms with van der Waals surface area (Å²) >= 11 is 0. The third-order valence-electron chi connectivity index (χ3n) is 4.84. The zero-order valence-corrected chi connectivity index (χ0v) is 17.1. The van der Waals surface area contributed by atoms with Crippen LogP contribution in [0.5, 0.6) is 0 Å². The summed E-state index contributed by atoms with van der Waals surface area (Å²) in [5.74, 6) is -0.665. The molecule has 0 saturated carbocycles. The lowest BCUT2D eigenvalue weighted by molar-refractivity contribution is -0.386. The summed E-state index contributed by atoms with van der Waals surface area (Å²) < 4.78 is 8.26. The Morgan fingerprint density at radius 2 is 2.03 bits per heavy atom. The van der Waals surface area contributed by atoms with E-state index in [1.54, 1.807) is 0 Å². The zero-order chi connectivity index (χ0) is 22.9. The van der Waals surface area contributed by atoms with Gasteiger partial charge in [0.2, 0.25) is 0 Å². The number of rotatable bonds is 7. The molecular weight excluding hydrogens is 412 g/mol. The summed E-state index contributed by atoms with van der Waals surface area (Å²) in [6, 6.07) is 0.840. The van der Waals surface area contributed by atoms with Gasteiger partial charge in [-0.15, -0.1) is 0 Å². The van der Waals surface area contributed by atoms with Gasteiger partial charge in [-0.1, -0.05) is 13.3 Å². The second-order valence-corrected chi connectivity index (χ2v) is 6.82. The van der Waals surface area contributed by atoms with E-state index in [9.17, 15) is 29.3 Å². The third kappa shape index (κ3) is 3.89. The number of fused-ring (bicyclic) bond motifs is 1. The summed E-state index contributed by atoms with van der Waals surface area (Å²) in [4.78, 5) is 66.0. The van der Waals surface area contributed by atoms with Crippen molar-refractivity contribution in [3.05, 3.63) is 65.0 Å². The highest BCUT2D eigenvalue weighted by atomic mass is 16.6. The van der Waals surface area contributed by atoms with Crippen LogP contribution < -0.4 is 16.8 Å². The maximum atomic E-state index is 12.5. The molecule has 0 spiro atoms. The van der Waals surface area contributed by atoms with E-state index in [1.165, 1.54) is 16.2 Å². The molecule has 31 heavy (non-hydrogen) atoms. The Labute approximate surface area is 173 Å². The Kier molecular flexibility index (Phi) is 5.86. The highest BCUT2D eigenvalue weighted by Gasteiger charge is 2.22. The molecule has 13 heteroatoms. The number of nitro groups is 1. The number of H-pyrrole nitrogens is 1.